The molecule has 1 amide bonds. The Bertz CT molecular complexity index is 315. The number of nitrogens with one attached hydrogen (secondary N) is 2. The number of hydrogen-bond donors (Lipinski definition) is 2. The number of fused-ring (bicyclic) bond motifs is 2. The van der Waals surface area contributed by atoms with Gasteiger partial charge in [0, 0.05) is 24.2 Å². The molecular weight excluding hydrogens is 226 g/mol. The monoisotopic (exact) mass is 251 g/mol. The van der Waals surface area contributed by atoms with E-state index in [-0.39, 0.29) is 11.9 Å². The Morgan fingerprint density at radius 3 is 2.22 bits per heavy atom. The second-order valence-electron chi connectivity index (χ2n) is 6.25. The highest BCUT2D eigenvalue weighted by molar-refractivity contribution is 5.82. The first kappa shape index (κ1) is 12.4. The number of nitrogens with zero attached hydrogens (tertiary/aromatic N) is 1. The van der Waals surface area contributed by atoms with E-state index in [9.17, 15) is 4.79 Å². The summed E-state index contributed by atoms with van der Waals surface area (Å²) in [5.74, 6) is 0.248. The summed E-state index contributed by atoms with van der Waals surface area (Å²) in [7, 11) is 2.06. The summed E-state index contributed by atoms with van der Waals surface area (Å²) in [5, 5.41) is 6.56. The van der Waals surface area contributed by atoms with Crippen molar-refractivity contribution in [3.8, 4) is 0 Å². The van der Waals surface area contributed by atoms with Crippen LogP contribution in [0.2, 0.25) is 0 Å². The van der Waals surface area contributed by atoms with Crippen LogP contribution >= 0.6 is 0 Å². The van der Waals surface area contributed by atoms with Gasteiger partial charge in [-0.05, 0) is 52.5 Å². The van der Waals surface area contributed by atoms with Crippen LogP contribution in [0, 0.1) is 0 Å². The molecular formula is C14H25N3O. The van der Waals surface area contributed by atoms with E-state index in [1.165, 1.54) is 38.5 Å². The first-order valence-corrected chi connectivity index (χ1v) is 7.44. The van der Waals surface area contributed by atoms with Gasteiger partial charge in [0.2, 0.25) is 5.91 Å². The highest BCUT2D eigenvalue weighted by Crippen LogP contribution is 2.37. The first-order valence-electron chi connectivity index (χ1n) is 7.44. The summed E-state index contributed by atoms with van der Waals surface area (Å²) in [6.07, 6.45) is 7.29. The molecule has 2 aliphatic heterocycles. The van der Waals surface area contributed by atoms with E-state index in [4.69, 9.17) is 0 Å². The van der Waals surface area contributed by atoms with Crippen molar-refractivity contribution in [1.29, 1.82) is 0 Å². The van der Waals surface area contributed by atoms with E-state index < -0.39 is 0 Å². The highest BCUT2D eigenvalue weighted by atomic mass is 16.2. The zero-order chi connectivity index (χ0) is 12.7. The van der Waals surface area contributed by atoms with Gasteiger partial charge in [-0.1, -0.05) is 0 Å². The van der Waals surface area contributed by atoms with Crippen LogP contribution in [0.4, 0.5) is 0 Å². The van der Waals surface area contributed by atoms with Crippen LogP contribution in [0.25, 0.3) is 0 Å². The zero-order valence-corrected chi connectivity index (χ0v) is 11.5. The van der Waals surface area contributed by atoms with Gasteiger partial charge in [0.05, 0.1) is 6.04 Å². The third-order valence-corrected chi connectivity index (χ3v) is 4.95. The van der Waals surface area contributed by atoms with Crippen molar-refractivity contribution in [1.82, 2.24) is 15.5 Å². The highest BCUT2D eigenvalue weighted by Gasteiger charge is 2.44. The molecule has 3 fully saturated rings. The van der Waals surface area contributed by atoms with Crippen LogP contribution in [-0.2, 0) is 4.79 Å². The molecule has 1 saturated carbocycles. The summed E-state index contributed by atoms with van der Waals surface area (Å²) in [6.45, 7) is 2.09. The normalized spacial score (nSPS) is 37.6. The molecule has 0 aromatic carbocycles. The molecule has 4 nitrogen and oxygen atoms in total. The van der Waals surface area contributed by atoms with E-state index in [0.29, 0.717) is 24.2 Å². The maximum atomic E-state index is 12.2. The molecule has 0 aromatic rings. The topological polar surface area (TPSA) is 44.4 Å². The van der Waals surface area contributed by atoms with Crippen molar-refractivity contribution in [2.75, 3.05) is 7.05 Å². The molecule has 2 bridgehead atoms. The minimum atomic E-state index is 0.0564. The van der Waals surface area contributed by atoms with Crippen molar-refractivity contribution in [3.63, 3.8) is 0 Å². The predicted molar refractivity (Wildman–Crippen MR) is 71.4 cm³/mol. The van der Waals surface area contributed by atoms with Gasteiger partial charge >= 0.3 is 0 Å². The zero-order valence-electron chi connectivity index (χ0n) is 11.5. The Kier molecular flexibility index (Phi) is 3.32. The molecule has 1 aliphatic carbocycles. The van der Waals surface area contributed by atoms with Crippen LogP contribution in [0.3, 0.4) is 0 Å². The fourth-order valence-corrected chi connectivity index (χ4v) is 3.77. The summed E-state index contributed by atoms with van der Waals surface area (Å²) in [6, 6.07) is 2.41. The van der Waals surface area contributed by atoms with Crippen molar-refractivity contribution < 1.29 is 4.79 Å². The standard InChI is InChI=1S/C14H25N3O/c1-9(14(18)16-10-3-4-10)17-12-5-6-13(17)8-11(7-12)15-2/h9-13,15H,3-8H2,1-2H3,(H,16,18). The van der Waals surface area contributed by atoms with Gasteiger partial charge in [0.15, 0.2) is 0 Å². The lowest BCUT2D eigenvalue weighted by molar-refractivity contribution is -0.128. The third kappa shape index (κ3) is 2.28. The lowest BCUT2D eigenvalue weighted by atomic mass is 9.95. The van der Waals surface area contributed by atoms with Crippen molar-refractivity contribution in [2.24, 2.45) is 0 Å². The molecule has 3 aliphatic rings. The van der Waals surface area contributed by atoms with Crippen LogP contribution in [-0.4, -0.2) is 48.1 Å². The molecule has 0 aromatic heterocycles. The predicted octanol–water partition coefficient (Wildman–Crippen LogP) is 0.868. The fraction of sp³-hybridized carbons (Fsp3) is 0.929. The van der Waals surface area contributed by atoms with Crippen molar-refractivity contribution in [3.05, 3.63) is 0 Å². The van der Waals surface area contributed by atoms with Crippen LogP contribution < -0.4 is 10.6 Å². The fourth-order valence-electron chi connectivity index (χ4n) is 3.77. The van der Waals surface area contributed by atoms with Gasteiger partial charge in [-0.3, -0.25) is 9.69 Å². The number of hydrogen-bond acceptors (Lipinski definition) is 3. The molecule has 4 heteroatoms. The SMILES string of the molecule is CNC1CC2CCC(C1)N2C(C)C(=O)NC1CC1. The van der Waals surface area contributed by atoms with Gasteiger partial charge in [-0.25, -0.2) is 0 Å². The van der Waals surface area contributed by atoms with Crippen LogP contribution in [0.1, 0.15) is 45.4 Å². The van der Waals surface area contributed by atoms with E-state index in [2.05, 4.69) is 29.5 Å². The summed E-state index contributed by atoms with van der Waals surface area (Å²) in [4.78, 5) is 14.7. The molecule has 2 N–H and O–H groups in total. The first-order chi connectivity index (χ1) is 8.69. The number of rotatable bonds is 4. The maximum absolute atomic E-state index is 12.2. The summed E-state index contributed by atoms with van der Waals surface area (Å²) in [5.41, 5.74) is 0. The molecule has 3 rings (SSSR count). The average molecular weight is 251 g/mol. The molecule has 102 valence electrons. The third-order valence-electron chi connectivity index (χ3n) is 4.95. The number of carbonyl (C=O) groups excluding carboxylic acids is 1. The van der Waals surface area contributed by atoms with Gasteiger partial charge < -0.3 is 10.6 Å². The van der Waals surface area contributed by atoms with E-state index >= 15 is 0 Å². The van der Waals surface area contributed by atoms with Gasteiger partial charge in [0.25, 0.3) is 0 Å². The van der Waals surface area contributed by atoms with Crippen molar-refractivity contribution in [2.45, 2.75) is 75.7 Å². The minimum Gasteiger partial charge on any atom is -0.352 e. The second-order valence-corrected chi connectivity index (χ2v) is 6.25. The smallest absolute Gasteiger partial charge is 0.237 e. The Balaban J connectivity index is 1.63. The molecule has 3 unspecified atom stereocenters. The average Bonchev–Trinajstić information content (AvgIpc) is 3.14. The Morgan fingerprint density at radius 2 is 1.72 bits per heavy atom. The van der Waals surface area contributed by atoms with Crippen LogP contribution in [0.5, 0.6) is 0 Å². The lowest BCUT2D eigenvalue weighted by Crippen LogP contribution is -2.56. The quantitative estimate of drug-likeness (QED) is 0.779. The lowest BCUT2D eigenvalue weighted by Gasteiger charge is -2.41. The number of carbonyl (C=O) groups is 1. The maximum Gasteiger partial charge on any atom is 0.237 e. The van der Waals surface area contributed by atoms with E-state index in [1.54, 1.807) is 0 Å². The van der Waals surface area contributed by atoms with Gasteiger partial charge in [0.1, 0.15) is 0 Å². The molecule has 0 spiro atoms. The minimum absolute atomic E-state index is 0.0564. The van der Waals surface area contributed by atoms with Crippen molar-refractivity contribution >= 4 is 5.91 Å². The molecule has 2 heterocycles. The Morgan fingerprint density at radius 1 is 1.11 bits per heavy atom. The Labute approximate surface area is 109 Å². The van der Waals surface area contributed by atoms with E-state index in [1.807, 2.05) is 0 Å². The molecule has 2 saturated heterocycles. The molecule has 3 atom stereocenters. The second kappa shape index (κ2) is 4.82. The molecule has 18 heavy (non-hydrogen) atoms. The Hall–Kier alpha value is -0.610. The largest absolute Gasteiger partial charge is 0.352 e. The van der Waals surface area contributed by atoms with E-state index in [0.717, 1.165) is 0 Å². The van der Waals surface area contributed by atoms with Gasteiger partial charge in [-0.2, -0.15) is 0 Å². The number of amides is 1. The molecule has 0 radical (unpaired) electrons. The number of piperidine rings is 1. The van der Waals surface area contributed by atoms with Gasteiger partial charge in [-0.15, -0.1) is 0 Å². The summed E-state index contributed by atoms with van der Waals surface area (Å²) < 4.78 is 0. The van der Waals surface area contributed by atoms with Crippen LogP contribution in [0.15, 0.2) is 0 Å². The summed E-state index contributed by atoms with van der Waals surface area (Å²) >= 11 is 0.